The average Bonchev–Trinajstić information content (AvgIpc) is 2.25. The Morgan fingerprint density at radius 1 is 1.29 bits per heavy atom. The van der Waals surface area contributed by atoms with Crippen molar-refractivity contribution in [2.45, 2.75) is 25.3 Å². The molecule has 0 aliphatic heterocycles. The molecule has 0 aliphatic carbocycles. The summed E-state index contributed by atoms with van der Waals surface area (Å²) in [7, 11) is 0. The zero-order valence-corrected chi connectivity index (χ0v) is 12.1. The maximum absolute atomic E-state index is 12.4. The van der Waals surface area contributed by atoms with Crippen LogP contribution < -0.4 is 0 Å². The minimum Gasteiger partial charge on any atom is -0.360 e. The summed E-state index contributed by atoms with van der Waals surface area (Å²) >= 11 is 6.46. The Balaban J connectivity index is 2.83. The second-order valence-electron chi connectivity index (χ2n) is 3.48. The van der Waals surface area contributed by atoms with Crippen LogP contribution in [0.15, 0.2) is 28.7 Å². The fraction of sp³-hybridized carbons (Fsp3) is 0.455. The molecule has 17 heavy (non-hydrogen) atoms. The first kappa shape index (κ1) is 15.0. The third-order valence-corrected chi connectivity index (χ3v) is 3.53. The van der Waals surface area contributed by atoms with Gasteiger partial charge in [-0.05, 0) is 18.6 Å². The van der Waals surface area contributed by atoms with Crippen molar-refractivity contribution in [2.75, 3.05) is 5.33 Å². The van der Waals surface area contributed by atoms with Gasteiger partial charge in [-0.2, -0.15) is 13.2 Å². The smallest absolute Gasteiger partial charge is 0.360 e. The molecule has 0 N–H and O–H groups in total. The van der Waals surface area contributed by atoms with Crippen molar-refractivity contribution in [2.24, 2.45) is 0 Å². The largest absolute Gasteiger partial charge is 0.414 e. The summed E-state index contributed by atoms with van der Waals surface area (Å²) in [6.45, 7) is 1.01. The molecule has 0 saturated heterocycles. The Morgan fingerprint density at radius 2 is 1.88 bits per heavy atom. The molecule has 0 aliphatic rings. The number of alkyl halides is 4. The Labute approximate surface area is 115 Å². The van der Waals surface area contributed by atoms with Crippen molar-refractivity contribution in [3.05, 3.63) is 34.3 Å². The van der Waals surface area contributed by atoms with E-state index in [4.69, 9.17) is 4.74 Å². The van der Waals surface area contributed by atoms with Gasteiger partial charge in [0.2, 0.25) is 0 Å². The zero-order valence-electron chi connectivity index (χ0n) is 8.97. The first-order valence-corrected chi connectivity index (χ1v) is 6.80. The van der Waals surface area contributed by atoms with E-state index in [1.54, 1.807) is 24.3 Å². The third kappa shape index (κ3) is 4.26. The summed E-state index contributed by atoms with van der Waals surface area (Å²) in [5.41, 5.74) is 0.695. The average molecular weight is 376 g/mol. The highest BCUT2D eigenvalue weighted by Crippen LogP contribution is 2.32. The van der Waals surface area contributed by atoms with Crippen LogP contribution in [0.2, 0.25) is 0 Å². The molecule has 0 spiro atoms. The Bertz CT molecular complexity index is 368. The van der Waals surface area contributed by atoms with Gasteiger partial charge in [0.05, 0.1) is 6.10 Å². The van der Waals surface area contributed by atoms with E-state index in [-0.39, 0.29) is 0 Å². The summed E-state index contributed by atoms with van der Waals surface area (Å²) in [6.07, 6.45) is -6.78. The van der Waals surface area contributed by atoms with Crippen molar-refractivity contribution in [3.8, 4) is 0 Å². The molecule has 2 atom stereocenters. The molecule has 0 aromatic heterocycles. The molecule has 96 valence electrons. The van der Waals surface area contributed by atoms with Gasteiger partial charge in [0.25, 0.3) is 0 Å². The van der Waals surface area contributed by atoms with Crippen LogP contribution in [0, 0.1) is 0 Å². The molecule has 1 nitrogen and oxygen atoms in total. The van der Waals surface area contributed by atoms with E-state index in [0.29, 0.717) is 10.9 Å². The van der Waals surface area contributed by atoms with E-state index in [2.05, 4.69) is 31.9 Å². The number of benzene rings is 1. The SMILES string of the molecule is CC(OC(CBr)c1ccccc1Br)C(F)(F)F. The van der Waals surface area contributed by atoms with Gasteiger partial charge in [0.1, 0.15) is 0 Å². The Hall–Kier alpha value is -0.0700. The van der Waals surface area contributed by atoms with Gasteiger partial charge in [-0.15, -0.1) is 0 Å². The van der Waals surface area contributed by atoms with Gasteiger partial charge >= 0.3 is 6.18 Å². The maximum atomic E-state index is 12.4. The minimum atomic E-state index is -4.35. The van der Waals surface area contributed by atoms with E-state index in [1.807, 2.05) is 0 Å². The number of rotatable bonds is 4. The predicted molar refractivity (Wildman–Crippen MR) is 67.3 cm³/mol. The number of ether oxygens (including phenoxy) is 1. The summed E-state index contributed by atoms with van der Waals surface area (Å²) in [6, 6.07) is 7.06. The van der Waals surface area contributed by atoms with Crippen LogP contribution in [0.3, 0.4) is 0 Å². The molecule has 0 radical (unpaired) electrons. The molecular weight excluding hydrogens is 365 g/mol. The highest BCUT2D eigenvalue weighted by atomic mass is 79.9. The lowest BCUT2D eigenvalue weighted by atomic mass is 10.1. The zero-order chi connectivity index (χ0) is 13.1. The molecule has 0 bridgehead atoms. The van der Waals surface area contributed by atoms with Crippen LogP contribution >= 0.6 is 31.9 Å². The Morgan fingerprint density at radius 3 is 2.35 bits per heavy atom. The summed E-state index contributed by atoms with van der Waals surface area (Å²) < 4.78 is 43.0. The van der Waals surface area contributed by atoms with Crippen LogP contribution in [-0.4, -0.2) is 17.6 Å². The van der Waals surface area contributed by atoms with Gasteiger partial charge < -0.3 is 4.74 Å². The minimum absolute atomic E-state index is 0.302. The summed E-state index contributed by atoms with van der Waals surface area (Å²) in [5.74, 6) is 0. The maximum Gasteiger partial charge on any atom is 0.414 e. The van der Waals surface area contributed by atoms with Gasteiger partial charge in [-0.1, -0.05) is 50.1 Å². The fourth-order valence-electron chi connectivity index (χ4n) is 1.25. The number of halogens is 5. The van der Waals surface area contributed by atoms with Crippen molar-refractivity contribution >= 4 is 31.9 Å². The van der Waals surface area contributed by atoms with Crippen LogP contribution in [-0.2, 0) is 4.74 Å². The van der Waals surface area contributed by atoms with E-state index in [1.165, 1.54) is 0 Å². The second-order valence-corrected chi connectivity index (χ2v) is 4.99. The monoisotopic (exact) mass is 374 g/mol. The fourth-order valence-corrected chi connectivity index (χ4v) is 2.29. The first-order chi connectivity index (χ1) is 7.86. The molecule has 0 amide bonds. The molecule has 0 fully saturated rings. The molecule has 0 saturated carbocycles. The van der Waals surface area contributed by atoms with E-state index < -0.39 is 18.4 Å². The van der Waals surface area contributed by atoms with E-state index in [9.17, 15) is 13.2 Å². The van der Waals surface area contributed by atoms with Crippen molar-refractivity contribution < 1.29 is 17.9 Å². The normalized spacial score (nSPS) is 15.6. The molecular formula is C11H11Br2F3O. The van der Waals surface area contributed by atoms with Crippen LogP contribution in [0.25, 0.3) is 0 Å². The van der Waals surface area contributed by atoms with Crippen molar-refractivity contribution in [1.29, 1.82) is 0 Å². The van der Waals surface area contributed by atoms with E-state index >= 15 is 0 Å². The van der Waals surface area contributed by atoms with E-state index in [0.717, 1.165) is 11.4 Å². The summed E-state index contributed by atoms with van der Waals surface area (Å²) in [5, 5.41) is 0.302. The quantitative estimate of drug-likeness (QED) is 0.683. The lowest BCUT2D eigenvalue weighted by Gasteiger charge is -2.23. The Kier molecular flexibility index (Phi) is 5.47. The topological polar surface area (TPSA) is 9.23 Å². The van der Waals surface area contributed by atoms with Crippen molar-refractivity contribution in [1.82, 2.24) is 0 Å². The molecule has 1 aromatic rings. The van der Waals surface area contributed by atoms with Crippen LogP contribution in [0.1, 0.15) is 18.6 Å². The predicted octanol–water partition coefficient (Wildman–Crippen LogP) is 4.85. The highest BCUT2D eigenvalue weighted by Gasteiger charge is 2.38. The standard InChI is InChI=1S/C11H11Br2F3O/c1-7(11(14,15)16)17-10(6-12)8-4-2-3-5-9(8)13/h2-5,7,10H,6H2,1H3. The third-order valence-electron chi connectivity index (χ3n) is 2.22. The number of hydrogen-bond donors (Lipinski definition) is 0. The molecule has 6 heteroatoms. The van der Waals surface area contributed by atoms with Crippen LogP contribution in [0.4, 0.5) is 13.2 Å². The van der Waals surface area contributed by atoms with Gasteiger partial charge in [-0.3, -0.25) is 0 Å². The summed E-state index contributed by atoms with van der Waals surface area (Å²) in [4.78, 5) is 0. The molecule has 2 unspecified atom stereocenters. The molecule has 0 heterocycles. The highest BCUT2D eigenvalue weighted by molar-refractivity contribution is 9.10. The van der Waals surface area contributed by atoms with Crippen molar-refractivity contribution in [3.63, 3.8) is 0 Å². The van der Waals surface area contributed by atoms with Gasteiger partial charge in [0, 0.05) is 9.80 Å². The van der Waals surface area contributed by atoms with Crippen LogP contribution in [0.5, 0.6) is 0 Å². The van der Waals surface area contributed by atoms with Gasteiger partial charge in [0.15, 0.2) is 6.10 Å². The molecule has 1 aromatic carbocycles. The second kappa shape index (κ2) is 6.20. The van der Waals surface area contributed by atoms with Gasteiger partial charge in [-0.25, -0.2) is 0 Å². The number of hydrogen-bond acceptors (Lipinski definition) is 1. The lowest BCUT2D eigenvalue weighted by molar-refractivity contribution is -0.225. The molecule has 1 rings (SSSR count). The first-order valence-electron chi connectivity index (χ1n) is 4.88. The lowest BCUT2D eigenvalue weighted by Crippen LogP contribution is -2.30.